The van der Waals surface area contributed by atoms with Crippen molar-refractivity contribution in [3.63, 3.8) is 0 Å². The van der Waals surface area contributed by atoms with E-state index in [1.165, 1.54) is 11.5 Å². The van der Waals surface area contributed by atoms with Crippen LogP contribution in [0.3, 0.4) is 0 Å². The van der Waals surface area contributed by atoms with E-state index in [9.17, 15) is 0 Å². The van der Waals surface area contributed by atoms with Crippen LogP contribution in [0.25, 0.3) is 0 Å². The van der Waals surface area contributed by atoms with Crippen LogP contribution in [0.4, 0.5) is 0 Å². The van der Waals surface area contributed by atoms with E-state index in [-0.39, 0.29) is 0 Å². The fourth-order valence-electron chi connectivity index (χ4n) is 1.22. The molecule has 0 aliphatic heterocycles. The van der Waals surface area contributed by atoms with Gasteiger partial charge in [-0.2, -0.15) is 11.8 Å². The van der Waals surface area contributed by atoms with Crippen molar-refractivity contribution in [2.75, 3.05) is 18.6 Å². The topological polar surface area (TPSA) is 16.4 Å². The highest BCUT2D eigenvalue weighted by Gasteiger charge is 2.10. The highest BCUT2D eigenvalue weighted by molar-refractivity contribution is 7.99. The quantitative estimate of drug-likeness (QED) is 0.723. The van der Waals surface area contributed by atoms with Gasteiger partial charge < -0.3 is 4.42 Å². The Bertz CT molecular complexity index is 235. The highest BCUT2D eigenvalue weighted by atomic mass is 32.2. The molecule has 14 heavy (non-hydrogen) atoms. The minimum absolute atomic E-state index is 0.602. The molecule has 3 heteroatoms. The Morgan fingerprint density at radius 2 is 2.36 bits per heavy atom. The minimum atomic E-state index is 0.602. The maximum absolute atomic E-state index is 5.31. The Morgan fingerprint density at radius 3 is 2.93 bits per heavy atom. The van der Waals surface area contributed by atoms with E-state index in [2.05, 4.69) is 25.8 Å². The van der Waals surface area contributed by atoms with Gasteiger partial charge in [0, 0.05) is 11.8 Å². The Labute approximate surface area is 90.7 Å². The molecule has 0 N–H and O–H groups in total. The molecule has 1 aromatic heterocycles. The van der Waals surface area contributed by atoms with Gasteiger partial charge in [0.15, 0.2) is 0 Å². The predicted molar refractivity (Wildman–Crippen MR) is 62.6 cm³/mol. The lowest BCUT2D eigenvalue weighted by Gasteiger charge is -2.23. The maximum atomic E-state index is 5.31. The van der Waals surface area contributed by atoms with Crippen LogP contribution in [0, 0.1) is 0 Å². The van der Waals surface area contributed by atoms with Crippen molar-refractivity contribution < 1.29 is 4.42 Å². The van der Waals surface area contributed by atoms with Gasteiger partial charge in [-0.1, -0.05) is 6.92 Å². The first-order chi connectivity index (χ1) is 6.74. The summed E-state index contributed by atoms with van der Waals surface area (Å²) in [7, 11) is 2.14. The van der Waals surface area contributed by atoms with Gasteiger partial charge in [-0.05, 0) is 31.9 Å². The van der Waals surface area contributed by atoms with Crippen LogP contribution < -0.4 is 0 Å². The third kappa shape index (κ3) is 3.76. The Kier molecular flexibility index (Phi) is 5.12. The largest absolute Gasteiger partial charge is 0.468 e. The molecule has 0 amide bonds. The van der Waals surface area contributed by atoms with Gasteiger partial charge in [0.1, 0.15) is 5.76 Å². The van der Waals surface area contributed by atoms with E-state index in [4.69, 9.17) is 4.42 Å². The second-order valence-electron chi connectivity index (χ2n) is 3.50. The Hall–Kier alpha value is -0.410. The zero-order valence-corrected chi connectivity index (χ0v) is 10.0. The van der Waals surface area contributed by atoms with Crippen LogP contribution in [-0.2, 0) is 6.54 Å². The van der Waals surface area contributed by atoms with E-state index >= 15 is 0 Å². The highest BCUT2D eigenvalue weighted by Crippen LogP contribution is 2.10. The first-order valence-corrected chi connectivity index (χ1v) is 6.20. The second-order valence-corrected chi connectivity index (χ2v) is 4.82. The lowest BCUT2D eigenvalue weighted by molar-refractivity contribution is 0.247. The third-order valence-corrected chi connectivity index (χ3v) is 3.43. The van der Waals surface area contributed by atoms with Crippen LogP contribution in [0.1, 0.15) is 19.6 Å². The van der Waals surface area contributed by atoms with Gasteiger partial charge in [-0.15, -0.1) is 0 Å². The first-order valence-electron chi connectivity index (χ1n) is 5.04. The molecule has 0 saturated heterocycles. The maximum Gasteiger partial charge on any atom is 0.117 e. The molecule has 0 aliphatic carbocycles. The van der Waals surface area contributed by atoms with Crippen molar-refractivity contribution in [2.24, 2.45) is 0 Å². The van der Waals surface area contributed by atoms with E-state index in [1.807, 2.05) is 23.9 Å². The van der Waals surface area contributed by atoms with Crippen molar-refractivity contribution in [2.45, 2.75) is 26.4 Å². The summed E-state index contributed by atoms with van der Waals surface area (Å²) in [6.45, 7) is 5.36. The molecule has 1 heterocycles. The molecule has 1 atom stereocenters. The summed E-state index contributed by atoms with van der Waals surface area (Å²) in [5, 5.41) is 0. The average molecular weight is 213 g/mol. The lowest BCUT2D eigenvalue weighted by Crippen LogP contribution is -2.30. The van der Waals surface area contributed by atoms with Crippen molar-refractivity contribution in [1.29, 1.82) is 0 Å². The molecular weight excluding hydrogens is 194 g/mol. The molecule has 0 unspecified atom stereocenters. The number of furan rings is 1. The van der Waals surface area contributed by atoms with Crippen LogP contribution in [0.5, 0.6) is 0 Å². The number of hydrogen-bond acceptors (Lipinski definition) is 3. The van der Waals surface area contributed by atoms with Crippen LogP contribution >= 0.6 is 11.8 Å². The van der Waals surface area contributed by atoms with Gasteiger partial charge in [0.2, 0.25) is 0 Å². The van der Waals surface area contributed by atoms with Crippen molar-refractivity contribution in [1.82, 2.24) is 4.90 Å². The molecular formula is C11H19NOS. The fourth-order valence-corrected chi connectivity index (χ4v) is 2.05. The molecule has 0 aliphatic rings. The average Bonchev–Trinajstić information content (AvgIpc) is 2.66. The smallest absolute Gasteiger partial charge is 0.117 e. The number of rotatable bonds is 6. The van der Waals surface area contributed by atoms with E-state index in [0.29, 0.717) is 6.04 Å². The molecule has 1 aromatic rings. The second kappa shape index (κ2) is 6.14. The summed E-state index contributed by atoms with van der Waals surface area (Å²) < 4.78 is 5.31. The molecule has 0 aromatic carbocycles. The fraction of sp³-hybridized carbons (Fsp3) is 0.636. The third-order valence-electron chi connectivity index (χ3n) is 2.30. The van der Waals surface area contributed by atoms with Crippen LogP contribution in [-0.4, -0.2) is 29.5 Å². The summed E-state index contributed by atoms with van der Waals surface area (Å²) >= 11 is 1.98. The van der Waals surface area contributed by atoms with Gasteiger partial charge in [-0.3, -0.25) is 4.90 Å². The van der Waals surface area contributed by atoms with Crippen LogP contribution in [0.2, 0.25) is 0 Å². The van der Waals surface area contributed by atoms with Crippen LogP contribution in [0.15, 0.2) is 22.8 Å². The van der Waals surface area contributed by atoms with E-state index < -0.39 is 0 Å². The number of thioether (sulfide) groups is 1. The summed E-state index contributed by atoms with van der Waals surface area (Å²) in [5.74, 6) is 3.42. The molecule has 0 radical (unpaired) electrons. The minimum Gasteiger partial charge on any atom is -0.468 e. The summed E-state index contributed by atoms with van der Waals surface area (Å²) in [4.78, 5) is 2.32. The Balaban J connectivity index is 2.30. The molecule has 1 rings (SSSR count). The van der Waals surface area contributed by atoms with Gasteiger partial charge >= 0.3 is 0 Å². The number of nitrogens with zero attached hydrogens (tertiary/aromatic N) is 1. The Morgan fingerprint density at radius 1 is 1.57 bits per heavy atom. The molecule has 0 fully saturated rings. The summed E-state index contributed by atoms with van der Waals surface area (Å²) in [6, 6.07) is 4.57. The van der Waals surface area contributed by atoms with E-state index in [0.717, 1.165) is 12.3 Å². The van der Waals surface area contributed by atoms with Gasteiger partial charge in [0.05, 0.1) is 12.8 Å². The zero-order valence-electron chi connectivity index (χ0n) is 9.19. The summed E-state index contributed by atoms with van der Waals surface area (Å²) in [5.41, 5.74) is 0. The monoisotopic (exact) mass is 213 g/mol. The molecule has 0 bridgehead atoms. The normalized spacial score (nSPS) is 13.4. The molecule has 80 valence electrons. The van der Waals surface area contributed by atoms with Crippen molar-refractivity contribution >= 4 is 11.8 Å². The van der Waals surface area contributed by atoms with Gasteiger partial charge in [-0.25, -0.2) is 0 Å². The standard InChI is InChI=1S/C11H19NOS/c1-4-14-9-10(2)12(3)8-11-6-5-7-13-11/h5-7,10H,4,8-9H2,1-3H3/t10-/m1/s1. The molecule has 0 saturated carbocycles. The lowest BCUT2D eigenvalue weighted by atomic mass is 10.3. The molecule has 2 nitrogen and oxygen atoms in total. The van der Waals surface area contributed by atoms with E-state index in [1.54, 1.807) is 6.26 Å². The van der Waals surface area contributed by atoms with Crippen molar-refractivity contribution in [3.05, 3.63) is 24.2 Å². The summed E-state index contributed by atoms with van der Waals surface area (Å²) in [6.07, 6.45) is 1.73. The first kappa shape index (κ1) is 11.7. The van der Waals surface area contributed by atoms with Gasteiger partial charge in [0.25, 0.3) is 0 Å². The zero-order chi connectivity index (χ0) is 10.4. The SMILES string of the molecule is CCSC[C@@H](C)N(C)Cc1ccco1. The number of hydrogen-bond donors (Lipinski definition) is 0. The predicted octanol–water partition coefficient (Wildman–Crippen LogP) is 2.85. The van der Waals surface area contributed by atoms with Crippen molar-refractivity contribution in [3.8, 4) is 0 Å². The molecule has 0 spiro atoms.